The minimum atomic E-state index is -0.445. The van der Waals surface area contributed by atoms with Gasteiger partial charge in [-0.05, 0) is 27.2 Å². The van der Waals surface area contributed by atoms with E-state index in [2.05, 4.69) is 0 Å². The molecule has 2 atom stereocenters. The van der Waals surface area contributed by atoms with E-state index in [0.29, 0.717) is 5.25 Å². The SMILES string of the molecule is CC(C)(C)OC(=O)[C@@H](N)C[C@@H]1CS1. The summed E-state index contributed by atoms with van der Waals surface area (Å²) in [4.78, 5) is 11.4. The summed E-state index contributed by atoms with van der Waals surface area (Å²) >= 11 is 1.84. The van der Waals surface area contributed by atoms with Crippen molar-refractivity contribution in [3.05, 3.63) is 0 Å². The summed E-state index contributed by atoms with van der Waals surface area (Å²) < 4.78 is 5.15. The van der Waals surface area contributed by atoms with E-state index in [9.17, 15) is 4.79 Å². The first kappa shape index (κ1) is 10.9. The zero-order valence-electron chi connectivity index (χ0n) is 8.37. The molecule has 0 aromatic rings. The van der Waals surface area contributed by atoms with Gasteiger partial charge in [-0.1, -0.05) is 0 Å². The Labute approximate surface area is 83.4 Å². The Morgan fingerprint density at radius 1 is 1.69 bits per heavy atom. The Bertz CT molecular complexity index is 196. The molecule has 0 unspecified atom stereocenters. The second kappa shape index (κ2) is 3.88. The molecule has 4 heteroatoms. The van der Waals surface area contributed by atoms with Gasteiger partial charge in [-0.3, -0.25) is 4.79 Å². The van der Waals surface area contributed by atoms with Gasteiger partial charge < -0.3 is 10.5 Å². The lowest BCUT2D eigenvalue weighted by molar-refractivity contribution is -0.156. The molecule has 0 aromatic carbocycles. The van der Waals surface area contributed by atoms with Crippen LogP contribution in [0.15, 0.2) is 0 Å². The van der Waals surface area contributed by atoms with Gasteiger partial charge in [0.2, 0.25) is 0 Å². The van der Waals surface area contributed by atoms with Crippen LogP contribution in [0.25, 0.3) is 0 Å². The molecule has 1 aliphatic heterocycles. The van der Waals surface area contributed by atoms with Crippen molar-refractivity contribution in [2.45, 2.75) is 44.1 Å². The minimum Gasteiger partial charge on any atom is -0.459 e. The summed E-state index contributed by atoms with van der Waals surface area (Å²) in [6.45, 7) is 5.55. The molecule has 0 aliphatic carbocycles. The molecule has 0 radical (unpaired) electrons. The van der Waals surface area contributed by atoms with Gasteiger partial charge >= 0.3 is 5.97 Å². The van der Waals surface area contributed by atoms with E-state index in [1.54, 1.807) is 0 Å². The van der Waals surface area contributed by atoms with Gasteiger partial charge in [0.25, 0.3) is 0 Å². The molecule has 2 N–H and O–H groups in total. The third kappa shape index (κ3) is 4.52. The van der Waals surface area contributed by atoms with Crippen LogP contribution >= 0.6 is 11.8 Å². The quantitative estimate of drug-likeness (QED) is 0.552. The van der Waals surface area contributed by atoms with Crippen molar-refractivity contribution in [2.24, 2.45) is 5.73 Å². The number of esters is 1. The molecule has 1 rings (SSSR count). The molecule has 0 spiro atoms. The van der Waals surface area contributed by atoms with Gasteiger partial charge in [0.15, 0.2) is 0 Å². The summed E-state index contributed by atoms with van der Waals surface area (Å²) in [7, 11) is 0. The van der Waals surface area contributed by atoms with Crippen molar-refractivity contribution in [1.82, 2.24) is 0 Å². The van der Waals surface area contributed by atoms with Crippen molar-refractivity contribution in [2.75, 3.05) is 5.75 Å². The first-order valence-corrected chi connectivity index (χ1v) is 5.53. The number of nitrogens with two attached hydrogens (primary N) is 1. The van der Waals surface area contributed by atoms with Gasteiger partial charge in [-0.2, -0.15) is 11.8 Å². The molecule has 76 valence electrons. The Balaban J connectivity index is 2.28. The summed E-state index contributed by atoms with van der Waals surface area (Å²) in [5, 5.41) is 0.586. The van der Waals surface area contributed by atoms with E-state index in [0.717, 1.165) is 12.2 Å². The third-order valence-electron chi connectivity index (χ3n) is 1.63. The Morgan fingerprint density at radius 2 is 2.23 bits per heavy atom. The molecule has 1 heterocycles. The number of ether oxygens (including phenoxy) is 1. The number of thioether (sulfide) groups is 1. The monoisotopic (exact) mass is 203 g/mol. The average molecular weight is 203 g/mol. The van der Waals surface area contributed by atoms with Gasteiger partial charge in [0.1, 0.15) is 11.6 Å². The lowest BCUT2D eigenvalue weighted by atomic mass is 10.1. The molecule has 1 fully saturated rings. The topological polar surface area (TPSA) is 52.3 Å². The van der Waals surface area contributed by atoms with Crippen LogP contribution in [-0.4, -0.2) is 28.6 Å². The largest absolute Gasteiger partial charge is 0.459 e. The van der Waals surface area contributed by atoms with Crippen molar-refractivity contribution >= 4 is 17.7 Å². The number of hydrogen-bond acceptors (Lipinski definition) is 4. The highest BCUT2D eigenvalue weighted by atomic mass is 32.2. The van der Waals surface area contributed by atoms with E-state index in [4.69, 9.17) is 10.5 Å². The maximum absolute atomic E-state index is 11.4. The van der Waals surface area contributed by atoms with Crippen LogP contribution < -0.4 is 5.73 Å². The first-order chi connectivity index (χ1) is 5.88. The van der Waals surface area contributed by atoms with Crippen LogP contribution in [0.1, 0.15) is 27.2 Å². The van der Waals surface area contributed by atoms with Crippen LogP contribution in [0.3, 0.4) is 0 Å². The van der Waals surface area contributed by atoms with E-state index in [1.807, 2.05) is 32.5 Å². The van der Waals surface area contributed by atoms with Crippen molar-refractivity contribution in [1.29, 1.82) is 0 Å². The predicted octanol–water partition coefficient (Wildman–Crippen LogP) is 1.16. The lowest BCUT2D eigenvalue weighted by Gasteiger charge is -2.21. The summed E-state index contributed by atoms with van der Waals surface area (Å²) in [6.07, 6.45) is 0.750. The maximum atomic E-state index is 11.4. The first-order valence-electron chi connectivity index (χ1n) is 4.48. The van der Waals surface area contributed by atoms with Crippen molar-refractivity contribution in [3.8, 4) is 0 Å². The standard InChI is InChI=1S/C9H17NO2S/c1-9(2,3)12-8(11)7(10)4-6-5-13-6/h6-7H,4-5,10H2,1-3H3/t6-,7+/m1/s1. The van der Waals surface area contributed by atoms with E-state index in [-0.39, 0.29) is 5.97 Å². The molecule has 0 aromatic heterocycles. The van der Waals surface area contributed by atoms with Gasteiger partial charge in [0, 0.05) is 11.0 Å². The van der Waals surface area contributed by atoms with Crippen molar-refractivity contribution in [3.63, 3.8) is 0 Å². The second-order valence-corrected chi connectivity index (χ2v) is 5.66. The number of rotatable bonds is 3. The molecular formula is C9H17NO2S. The highest BCUT2D eigenvalue weighted by molar-refractivity contribution is 8.06. The Hall–Kier alpha value is -0.220. The zero-order valence-corrected chi connectivity index (χ0v) is 9.19. The highest BCUT2D eigenvalue weighted by Crippen LogP contribution is 2.33. The van der Waals surface area contributed by atoms with Crippen LogP contribution in [0.4, 0.5) is 0 Å². The summed E-state index contributed by atoms with van der Waals surface area (Å²) in [5.41, 5.74) is 5.25. The molecule has 0 bridgehead atoms. The summed E-state index contributed by atoms with van der Waals surface area (Å²) in [6, 6.07) is -0.445. The average Bonchev–Trinajstić information content (AvgIpc) is 2.67. The fourth-order valence-corrected chi connectivity index (χ4v) is 1.58. The van der Waals surface area contributed by atoms with E-state index < -0.39 is 11.6 Å². The normalized spacial score (nSPS) is 23.8. The van der Waals surface area contributed by atoms with Gasteiger partial charge in [0.05, 0.1) is 0 Å². The van der Waals surface area contributed by atoms with Gasteiger partial charge in [-0.15, -0.1) is 0 Å². The second-order valence-electron chi connectivity index (χ2n) is 4.33. The van der Waals surface area contributed by atoms with E-state index in [1.165, 1.54) is 0 Å². The van der Waals surface area contributed by atoms with Crippen LogP contribution in [0.5, 0.6) is 0 Å². The fraction of sp³-hybridized carbons (Fsp3) is 0.889. The number of hydrogen-bond donors (Lipinski definition) is 1. The molecule has 1 saturated heterocycles. The van der Waals surface area contributed by atoms with Crippen LogP contribution in [-0.2, 0) is 9.53 Å². The number of carbonyl (C=O) groups is 1. The molecular weight excluding hydrogens is 186 g/mol. The summed E-state index contributed by atoms with van der Waals surface area (Å²) in [5.74, 6) is 0.858. The predicted molar refractivity (Wildman–Crippen MR) is 54.7 cm³/mol. The van der Waals surface area contributed by atoms with Crippen LogP contribution in [0, 0.1) is 0 Å². The molecule has 0 amide bonds. The molecule has 0 saturated carbocycles. The maximum Gasteiger partial charge on any atom is 0.323 e. The van der Waals surface area contributed by atoms with E-state index >= 15 is 0 Å². The highest BCUT2D eigenvalue weighted by Gasteiger charge is 2.30. The van der Waals surface area contributed by atoms with Crippen molar-refractivity contribution < 1.29 is 9.53 Å². The smallest absolute Gasteiger partial charge is 0.323 e. The molecule has 3 nitrogen and oxygen atoms in total. The lowest BCUT2D eigenvalue weighted by Crippen LogP contribution is -2.38. The molecule has 13 heavy (non-hydrogen) atoms. The van der Waals surface area contributed by atoms with Gasteiger partial charge in [-0.25, -0.2) is 0 Å². The Kier molecular flexibility index (Phi) is 3.24. The minimum absolute atomic E-state index is 0.278. The zero-order chi connectivity index (χ0) is 10.1. The Morgan fingerprint density at radius 3 is 2.62 bits per heavy atom. The van der Waals surface area contributed by atoms with Crippen LogP contribution in [0.2, 0.25) is 0 Å². The molecule has 1 aliphatic rings. The third-order valence-corrected chi connectivity index (χ3v) is 2.63. The number of carbonyl (C=O) groups excluding carboxylic acids is 1. The fourth-order valence-electron chi connectivity index (χ4n) is 0.961.